The van der Waals surface area contributed by atoms with E-state index >= 15 is 0 Å². The summed E-state index contributed by atoms with van der Waals surface area (Å²) in [6, 6.07) is 0.0899. The van der Waals surface area contributed by atoms with Gasteiger partial charge in [-0.3, -0.25) is 5.21 Å². The smallest absolute Gasteiger partial charge is 0.392 e. The Kier molecular flexibility index (Phi) is 5.93. The van der Waals surface area contributed by atoms with Crippen LogP contribution in [0.3, 0.4) is 0 Å². The summed E-state index contributed by atoms with van der Waals surface area (Å²) in [6.45, 7) is 6.29. The van der Waals surface area contributed by atoms with Gasteiger partial charge in [-0.25, -0.2) is 4.98 Å². The summed E-state index contributed by atoms with van der Waals surface area (Å²) in [7, 11) is 0. The molecule has 2 aromatic rings. The van der Waals surface area contributed by atoms with Gasteiger partial charge in [-0.1, -0.05) is 27.7 Å². The van der Waals surface area contributed by atoms with E-state index in [9.17, 15) is 36.7 Å². The van der Waals surface area contributed by atoms with Gasteiger partial charge in [0.25, 0.3) is 0 Å². The highest BCUT2D eigenvalue weighted by Gasteiger charge is 2.61. The number of hydrogen-bond donors (Lipinski definition) is 4. The van der Waals surface area contributed by atoms with Gasteiger partial charge in [0.2, 0.25) is 18.3 Å². The predicted molar refractivity (Wildman–Crippen MR) is 104 cm³/mol. The number of pyridine rings is 1. The van der Waals surface area contributed by atoms with Crippen LogP contribution in [0, 0.1) is 10.8 Å². The van der Waals surface area contributed by atoms with Crippen molar-refractivity contribution in [1.82, 2.24) is 9.97 Å². The number of aliphatic hydroxyl groups is 1. The number of rotatable bonds is 5. The molecule has 0 atom stereocenters. The Morgan fingerprint density at radius 3 is 2.15 bits per heavy atom. The third-order valence-electron chi connectivity index (χ3n) is 6.04. The van der Waals surface area contributed by atoms with Crippen molar-refractivity contribution in [2.45, 2.75) is 58.7 Å². The molecular formula is C20H24F6N5O2+. The standard InChI is InChI=1S/C20H24F6N5O2/c1-17(2)14(18(3,4)15(17)32)29-13-12(20(24,25)26)8-28-16(30-13)27-7-10-9-31(33)6-5-11(10)19(21,22)23/h5-6,8-9,14-15,32-33H,7H2,1-4H3,(H2,27,28,29,30)/q+1. The van der Waals surface area contributed by atoms with Crippen LogP contribution in [-0.4, -0.2) is 32.4 Å². The molecule has 1 saturated carbocycles. The van der Waals surface area contributed by atoms with Crippen molar-refractivity contribution in [3.63, 3.8) is 0 Å². The van der Waals surface area contributed by atoms with Crippen LogP contribution in [0.2, 0.25) is 0 Å². The van der Waals surface area contributed by atoms with E-state index < -0.39 is 58.8 Å². The fraction of sp³-hybridized carbons (Fsp3) is 0.550. The molecule has 0 saturated heterocycles. The number of nitrogens with zero attached hydrogens (tertiary/aromatic N) is 3. The van der Waals surface area contributed by atoms with E-state index in [4.69, 9.17) is 0 Å². The quantitative estimate of drug-likeness (QED) is 0.295. The van der Waals surface area contributed by atoms with Crippen molar-refractivity contribution in [3.8, 4) is 0 Å². The molecule has 1 aliphatic rings. The number of hydrogen-bond acceptors (Lipinski definition) is 6. The van der Waals surface area contributed by atoms with Gasteiger partial charge in [0, 0.05) is 40.4 Å². The SMILES string of the molecule is CC1(C)C(O)C(C)(C)C1Nc1nc(NCc2c[n+](O)ccc2C(F)(F)F)ncc1C(F)(F)F. The topological polar surface area (TPSA) is 94.2 Å². The van der Waals surface area contributed by atoms with Crippen LogP contribution in [-0.2, 0) is 18.9 Å². The van der Waals surface area contributed by atoms with Crippen molar-refractivity contribution in [3.05, 3.63) is 41.3 Å². The van der Waals surface area contributed by atoms with Gasteiger partial charge in [-0.15, -0.1) is 0 Å². The van der Waals surface area contributed by atoms with Gasteiger partial charge in [-0.05, 0) is 0 Å². The van der Waals surface area contributed by atoms with Crippen molar-refractivity contribution >= 4 is 11.8 Å². The fourth-order valence-electron chi connectivity index (χ4n) is 4.55. The Balaban J connectivity index is 1.91. The molecule has 0 unspecified atom stereocenters. The van der Waals surface area contributed by atoms with E-state index in [1.54, 1.807) is 27.7 Å². The fourth-order valence-corrected chi connectivity index (χ4v) is 4.55. The molecule has 1 fully saturated rings. The van der Waals surface area contributed by atoms with E-state index in [-0.39, 0.29) is 11.5 Å². The van der Waals surface area contributed by atoms with Gasteiger partial charge in [0.15, 0.2) is 0 Å². The van der Waals surface area contributed by atoms with E-state index in [1.807, 2.05) is 0 Å². The summed E-state index contributed by atoms with van der Waals surface area (Å²) in [5.74, 6) is -0.901. The number of anilines is 2. The molecule has 1 aliphatic carbocycles. The molecule has 2 heterocycles. The lowest BCUT2D eigenvalue weighted by Gasteiger charge is -2.62. The van der Waals surface area contributed by atoms with Crippen LogP contribution in [0.1, 0.15) is 44.4 Å². The molecule has 13 heteroatoms. The minimum Gasteiger partial charge on any atom is -0.392 e. The maximum absolute atomic E-state index is 13.5. The normalized spacial score (nSPS) is 21.9. The van der Waals surface area contributed by atoms with Crippen molar-refractivity contribution in [2.75, 3.05) is 10.6 Å². The van der Waals surface area contributed by atoms with Gasteiger partial charge in [0.05, 0.1) is 17.2 Å². The first-order valence-electron chi connectivity index (χ1n) is 9.89. The van der Waals surface area contributed by atoms with Crippen molar-refractivity contribution in [2.24, 2.45) is 10.8 Å². The molecule has 2 aromatic heterocycles. The van der Waals surface area contributed by atoms with Crippen molar-refractivity contribution in [1.29, 1.82) is 0 Å². The Morgan fingerprint density at radius 2 is 1.61 bits per heavy atom. The zero-order chi connectivity index (χ0) is 25.0. The third kappa shape index (κ3) is 4.63. The second kappa shape index (κ2) is 7.89. The second-order valence-corrected chi connectivity index (χ2v) is 9.19. The molecule has 0 radical (unpaired) electrons. The average molecular weight is 480 g/mol. The lowest BCUT2D eigenvalue weighted by atomic mass is 9.49. The van der Waals surface area contributed by atoms with Crippen LogP contribution < -0.4 is 15.4 Å². The minimum atomic E-state index is -4.79. The van der Waals surface area contributed by atoms with E-state index in [1.165, 1.54) is 0 Å². The number of halogens is 6. The van der Waals surface area contributed by atoms with E-state index in [0.29, 0.717) is 17.0 Å². The van der Waals surface area contributed by atoms with Crippen LogP contribution in [0.15, 0.2) is 24.7 Å². The van der Waals surface area contributed by atoms with Crippen LogP contribution >= 0.6 is 0 Å². The van der Waals surface area contributed by atoms with Crippen LogP contribution in [0.5, 0.6) is 0 Å². The molecule has 7 nitrogen and oxygen atoms in total. The maximum Gasteiger partial charge on any atom is 0.421 e. The lowest BCUT2D eigenvalue weighted by Crippen LogP contribution is -2.70. The molecule has 0 aromatic carbocycles. The largest absolute Gasteiger partial charge is 0.421 e. The Labute approximate surface area is 185 Å². The average Bonchev–Trinajstić information content (AvgIpc) is 2.68. The molecule has 0 bridgehead atoms. The predicted octanol–water partition coefficient (Wildman–Crippen LogP) is 3.86. The lowest BCUT2D eigenvalue weighted by molar-refractivity contribution is -0.905. The first-order valence-corrected chi connectivity index (χ1v) is 9.89. The molecule has 182 valence electrons. The van der Waals surface area contributed by atoms with Gasteiger partial charge < -0.3 is 15.7 Å². The summed E-state index contributed by atoms with van der Waals surface area (Å²) in [6.07, 6.45) is -8.11. The van der Waals surface area contributed by atoms with E-state index in [2.05, 4.69) is 20.6 Å². The van der Waals surface area contributed by atoms with Gasteiger partial charge >= 0.3 is 12.4 Å². The minimum absolute atomic E-state index is 0.345. The number of nitrogens with one attached hydrogen (secondary N) is 2. The van der Waals surface area contributed by atoms with E-state index in [0.717, 1.165) is 12.4 Å². The van der Waals surface area contributed by atoms with Crippen LogP contribution in [0.25, 0.3) is 0 Å². The zero-order valence-corrected chi connectivity index (χ0v) is 18.2. The molecule has 33 heavy (non-hydrogen) atoms. The highest BCUT2D eigenvalue weighted by molar-refractivity contribution is 5.51. The van der Waals surface area contributed by atoms with Crippen LogP contribution in [0.4, 0.5) is 38.1 Å². The number of aromatic nitrogens is 3. The summed E-state index contributed by atoms with van der Waals surface area (Å²) in [5.41, 5.74) is -4.06. The monoisotopic (exact) mass is 480 g/mol. The molecule has 4 N–H and O–H groups in total. The zero-order valence-electron chi connectivity index (χ0n) is 18.2. The maximum atomic E-state index is 13.5. The summed E-state index contributed by atoms with van der Waals surface area (Å²) >= 11 is 0. The molecule has 3 rings (SSSR count). The first-order chi connectivity index (χ1) is 15.0. The molecule has 0 spiro atoms. The summed E-state index contributed by atoms with van der Waals surface area (Å²) in [4.78, 5) is 7.45. The summed E-state index contributed by atoms with van der Waals surface area (Å²) < 4.78 is 80.7. The Hall–Kier alpha value is -2.83. The number of alkyl halides is 6. The second-order valence-electron chi connectivity index (χ2n) is 9.19. The molecule has 0 amide bonds. The summed E-state index contributed by atoms with van der Waals surface area (Å²) in [5, 5.41) is 25.0. The van der Waals surface area contributed by atoms with Crippen molar-refractivity contribution < 1.29 is 41.4 Å². The Morgan fingerprint density at radius 1 is 1.03 bits per heavy atom. The van der Waals surface area contributed by atoms with Gasteiger partial charge in [0.1, 0.15) is 11.4 Å². The number of aliphatic hydroxyl groups excluding tert-OH is 1. The highest BCUT2D eigenvalue weighted by Crippen LogP contribution is 2.55. The Bertz CT molecular complexity index is 1020. The molecular weight excluding hydrogens is 456 g/mol. The van der Waals surface area contributed by atoms with Gasteiger partial charge in [-0.2, -0.15) is 31.3 Å². The molecule has 0 aliphatic heterocycles. The first kappa shape index (κ1) is 24.8. The third-order valence-corrected chi connectivity index (χ3v) is 6.04. The highest BCUT2D eigenvalue weighted by atomic mass is 19.4.